The van der Waals surface area contributed by atoms with E-state index in [1.807, 2.05) is 19.1 Å². The summed E-state index contributed by atoms with van der Waals surface area (Å²) < 4.78 is 5.71. The molecule has 10 heteroatoms. The van der Waals surface area contributed by atoms with E-state index in [2.05, 4.69) is 20.3 Å². The van der Waals surface area contributed by atoms with Crippen molar-refractivity contribution in [2.45, 2.75) is 23.2 Å². The number of aromatic nitrogens is 3. The molecule has 0 aromatic carbocycles. The van der Waals surface area contributed by atoms with Crippen LogP contribution in [0.5, 0.6) is 11.6 Å². The van der Waals surface area contributed by atoms with Gasteiger partial charge >= 0.3 is 12.0 Å². The molecule has 150 valence electrons. The van der Waals surface area contributed by atoms with Crippen LogP contribution < -0.4 is 15.0 Å². The Morgan fingerprint density at radius 1 is 1.23 bits per heavy atom. The molecule has 2 unspecified atom stereocenters. The summed E-state index contributed by atoms with van der Waals surface area (Å²) in [6, 6.07) is 9.44. The number of hydrogen-bond donors (Lipinski definition) is 2. The quantitative estimate of drug-likeness (QED) is 0.658. The first-order chi connectivity index (χ1) is 14.5. The number of aliphatic carboxylic acids is 1. The van der Waals surface area contributed by atoms with E-state index in [9.17, 15) is 14.7 Å². The van der Waals surface area contributed by atoms with Gasteiger partial charge < -0.3 is 15.2 Å². The Balaban J connectivity index is 1.47. The number of ether oxygens (including phenoxy) is 1. The number of carbonyl (C=O) groups excluding carboxylic acids is 1. The number of aryl methyl sites for hydroxylation is 1. The highest BCUT2D eigenvalue weighted by molar-refractivity contribution is 8.00. The molecule has 2 atom stereocenters. The van der Waals surface area contributed by atoms with Crippen LogP contribution in [0.1, 0.15) is 17.3 Å². The minimum absolute atomic E-state index is 0.382. The summed E-state index contributed by atoms with van der Waals surface area (Å²) in [5.41, 5.74) is 2.10. The lowest BCUT2D eigenvalue weighted by Gasteiger charge is -2.33. The Labute approximate surface area is 175 Å². The van der Waals surface area contributed by atoms with E-state index < -0.39 is 23.3 Å². The minimum atomic E-state index is -0.993. The van der Waals surface area contributed by atoms with Crippen LogP contribution in [0.15, 0.2) is 53.8 Å². The molecule has 2 aliphatic heterocycles. The summed E-state index contributed by atoms with van der Waals surface area (Å²) >= 11 is 1.14. The SMILES string of the molecule is Cc1cccc(Oc2ccc(N3C(=O)NC4c5c3ccnc5SC4C(=O)O)nc2)n1. The molecule has 0 radical (unpaired) electrons. The number of nitrogens with zero attached hydrogens (tertiary/aromatic N) is 4. The Bertz CT molecular complexity index is 1170. The molecular weight excluding hydrogens is 406 g/mol. The maximum Gasteiger partial charge on any atom is 0.328 e. The minimum Gasteiger partial charge on any atom is -0.480 e. The molecule has 3 aromatic heterocycles. The number of urea groups is 1. The van der Waals surface area contributed by atoms with Crippen LogP contribution in [0.3, 0.4) is 0 Å². The maximum absolute atomic E-state index is 12.8. The average molecular weight is 421 g/mol. The van der Waals surface area contributed by atoms with Crippen molar-refractivity contribution >= 4 is 35.3 Å². The van der Waals surface area contributed by atoms with Crippen LogP contribution in [0, 0.1) is 6.92 Å². The predicted octanol–water partition coefficient (Wildman–Crippen LogP) is 3.43. The molecule has 0 saturated carbocycles. The molecule has 5 heterocycles. The van der Waals surface area contributed by atoms with Crippen LogP contribution in [0.25, 0.3) is 0 Å². The summed E-state index contributed by atoms with van der Waals surface area (Å²) in [6.45, 7) is 1.87. The molecule has 2 aliphatic rings. The number of carboxylic acids is 1. The van der Waals surface area contributed by atoms with Gasteiger partial charge in [-0.15, -0.1) is 0 Å². The van der Waals surface area contributed by atoms with Gasteiger partial charge in [-0.2, -0.15) is 0 Å². The zero-order valence-electron chi connectivity index (χ0n) is 15.6. The summed E-state index contributed by atoms with van der Waals surface area (Å²) in [5.74, 6) is 0.320. The fourth-order valence-electron chi connectivity index (χ4n) is 3.50. The summed E-state index contributed by atoms with van der Waals surface area (Å²) in [6.07, 6.45) is 3.07. The van der Waals surface area contributed by atoms with Crippen molar-refractivity contribution in [3.63, 3.8) is 0 Å². The van der Waals surface area contributed by atoms with Crippen molar-refractivity contribution in [1.29, 1.82) is 0 Å². The van der Waals surface area contributed by atoms with Gasteiger partial charge in [-0.25, -0.2) is 24.6 Å². The number of carbonyl (C=O) groups is 2. The number of pyridine rings is 3. The predicted molar refractivity (Wildman–Crippen MR) is 108 cm³/mol. The van der Waals surface area contributed by atoms with Crippen molar-refractivity contribution in [2.24, 2.45) is 0 Å². The normalized spacial score (nSPS) is 19.2. The highest BCUT2D eigenvalue weighted by atomic mass is 32.2. The molecule has 2 amide bonds. The zero-order valence-corrected chi connectivity index (χ0v) is 16.5. The smallest absolute Gasteiger partial charge is 0.328 e. The lowest BCUT2D eigenvalue weighted by atomic mass is 10.0. The van der Waals surface area contributed by atoms with Gasteiger partial charge in [0, 0.05) is 23.5 Å². The second-order valence-electron chi connectivity index (χ2n) is 6.76. The lowest BCUT2D eigenvalue weighted by molar-refractivity contribution is -0.136. The highest BCUT2D eigenvalue weighted by Crippen LogP contribution is 2.50. The van der Waals surface area contributed by atoms with Gasteiger partial charge in [0.15, 0.2) is 0 Å². The molecule has 0 spiro atoms. The molecule has 30 heavy (non-hydrogen) atoms. The second-order valence-corrected chi connectivity index (χ2v) is 7.89. The zero-order chi connectivity index (χ0) is 20.8. The molecule has 0 bridgehead atoms. The van der Waals surface area contributed by atoms with E-state index in [0.29, 0.717) is 33.7 Å². The third-order valence-electron chi connectivity index (χ3n) is 4.78. The van der Waals surface area contributed by atoms with E-state index in [1.54, 1.807) is 30.5 Å². The van der Waals surface area contributed by atoms with E-state index >= 15 is 0 Å². The third-order valence-corrected chi connectivity index (χ3v) is 6.06. The molecule has 5 rings (SSSR count). The molecular formula is C20H15N5O4S. The Kier molecular flexibility index (Phi) is 4.28. The third kappa shape index (κ3) is 3.01. The van der Waals surface area contributed by atoms with Crippen molar-refractivity contribution in [1.82, 2.24) is 20.3 Å². The number of thioether (sulfide) groups is 1. The van der Waals surface area contributed by atoms with Gasteiger partial charge in [0.05, 0.1) is 17.9 Å². The van der Waals surface area contributed by atoms with Crippen LogP contribution in [-0.4, -0.2) is 37.3 Å². The van der Waals surface area contributed by atoms with Gasteiger partial charge in [0.25, 0.3) is 0 Å². The van der Waals surface area contributed by atoms with Crippen LogP contribution in [0.4, 0.5) is 16.3 Å². The standard InChI is InChI=1S/C20H15N5O4S/c1-10-3-2-4-14(23-10)29-11-5-6-13(22-9-11)25-12-7-8-21-18-15(12)16(24-20(25)28)17(30-18)19(26)27/h2-9,16-17H,1H3,(H,24,28)(H,26,27). The average Bonchev–Trinajstić information content (AvgIpc) is 3.09. The topological polar surface area (TPSA) is 118 Å². The molecule has 0 aliphatic carbocycles. The number of nitrogens with one attached hydrogen (secondary N) is 1. The first-order valence-electron chi connectivity index (χ1n) is 9.08. The van der Waals surface area contributed by atoms with E-state index in [0.717, 1.165) is 17.5 Å². The first kappa shape index (κ1) is 18.4. The number of rotatable bonds is 4. The lowest BCUT2D eigenvalue weighted by Crippen LogP contribution is -2.47. The van der Waals surface area contributed by atoms with Gasteiger partial charge in [0.1, 0.15) is 21.8 Å². The Hall–Kier alpha value is -3.66. The van der Waals surface area contributed by atoms with Crippen LogP contribution in [0.2, 0.25) is 0 Å². The summed E-state index contributed by atoms with van der Waals surface area (Å²) in [4.78, 5) is 38.8. The van der Waals surface area contributed by atoms with Gasteiger partial charge in [-0.1, -0.05) is 17.8 Å². The Morgan fingerprint density at radius 3 is 2.83 bits per heavy atom. The van der Waals surface area contributed by atoms with Gasteiger partial charge in [-0.05, 0) is 31.2 Å². The molecule has 0 fully saturated rings. The number of anilines is 2. The van der Waals surface area contributed by atoms with Crippen molar-refractivity contribution in [3.05, 3.63) is 60.0 Å². The van der Waals surface area contributed by atoms with Crippen LogP contribution >= 0.6 is 11.8 Å². The van der Waals surface area contributed by atoms with E-state index in [1.165, 1.54) is 11.1 Å². The molecule has 9 nitrogen and oxygen atoms in total. The largest absolute Gasteiger partial charge is 0.480 e. The maximum atomic E-state index is 12.8. The van der Waals surface area contributed by atoms with Crippen molar-refractivity contribution in [3.8, 4) is 11.6 Å². The van der Waals surface area contributed by atoms with E-state index in [-0.39, 0.29) is 0 Å². The second kappa shape index (κ2) is 6.99. The fraction of sp³-hybridized carbons (Fsp3) is 0.150. The fourth-order valence-corrected chi connectivity index (χ4v) is 4.66. The molecule has 2 N–H and O–H groups in total. The highest BCUT2D eigenvalue weighted by Gasteiger charge is 2.46. The van der Waals surface area contributed by atoms with Gasteiger partial charge in [-0.3, -0.25) is 4.79 Å². The van der Waals surface area contributed by atoms with Crippen LogP contribution in [-0.2, 0) is 4.79 Å². The van der Waals surface area contributed by atoms with Crippen molar-refractivity contribution < 1.29 is 19.4 Å². The van der Waals surface area contributed by atoms with E-state index in [4.69, 9.17) is 4.74 Å². The number of carboxylic acid groups (broad SMARTS) is 1. The number of hydrogen-bond acceptors (Lipinski definition) is 7. The van der Waals surface area contributed by atoms with Crippen molar-refractivity contribution in [2.75, 3.05) is 4.90 Å². The van der Waals surface area contributed by atoms with Gasteiger partial charge in [0.2, 0.25) is 5.88 Å². The molecule has 0 saturated heterocycles. The molecule has 3 aromatic rings. The number of amides is 2. The Morgan fingerprint density at radius 2 is 2.10 bits per heavy atom. The summed E-state index contributed by atoms with van der Waals surface area (Å²) in [5, 5.41) is 12.1. The monoisotopic (exact) mass is 421 g/mol. The first-order valence-corrected chi connectivity index (χ1v) is 9.96. The summed E-state index contributed by atoms with van der Waals surface area (Å²) in [7, 11) is 0.